The molecule has 7 heteroatoms. The molecule has 0 bridgehead atoms. The van der Waals surface area contributed by atoms with Crippen molar-refractivity contribution in [3.63, 3.8) is 0 Å². The Balaban J connectivity index is 2.31. The molecule has 0 aliphatic heterocycles. The zero-order chi connectivity index (χ0) is 12.5. The summed E-state index contributed by atoms with van der Waals surface area (Å²) >= 11 is 0. The number of rotatable bonds is 4. The molecule has 0 saturated carbocycles. The molecule has 2 rings (SSSR count). The zero-order valence-electron chi connectivity index (χ0n) is 9.40. The van der Waals surface area contributed by atoms with E-state index in [1.54, 1.807) is 18.2 Å². The van der Waals surface area contributed by atoms with Crippen LogP contribution in [-0.4, -0.2) is 24.1 Å². The zero-order valence-corrected chi connectivity index (χ0v) is 10.2. The lowest BCUT2D eigenvalue weighted by atomic mass is 10.3. The number of fused-ring (bicyclic) bond motifs is 1. The van der Waals surface area contributed by atoms with Crippen molar-refractivity contribution < 1.29 is 8.42 Å². The Kier molecular flexibility index (Phi) is 2.93. The van der Waals surface area contributed by atoms with Gasteiger partial charge in [-0.2, -0.15) is 0 Å². The summed E-state index contributed by atoms with van der Waals surface area (Å²) < 4.78 is 25.7. The van der Waals surface area contributed by atoms with E-state index >= 15 is 0 Å². The molecular weight excluding hydrogens is 240 g/mol. The fourth-order valence-electron chi connectivity index (χ4n) is 1.59. The van der Waals surface area contributed by atoms with E-state index < -0.39 is 10.0 Å². The lowest BCUT2D eigenvalue weighted by Crippen LogP contribution is -2.15. The van der Waals surface area contributed by atoms with Gasteiger partial charge in [0, 0.05) is 0 Å². The number of aromatic nitrogens is 2. The Labute approximate surface area is 99.3 Å². The highest BCUT2D eigenvalue weighted by Crippen LogP contribution is 2.18. The lowest BCUT2D eigenvalue weighted by Gasteiger charge is -2.06. The smallest absolute Gasteiger partial charge is 0.232 e. The number of sulfonamides is 1. The number of aromatic amines is 1. The van der Waals surface area contributed by atoms with Crippen LogP contribution < -0.4 is 10.5 Å². The van der Waals surface area contributed by atoms with Gasteiger partial charge in [-0.1, -0.05) is 6.92 Å². The predicted molar refractivity (Wildman–Crippen MR) is 68.2 cm³/mol. The van der Waals surface area contributed by atoms with E-state index in [-0.39, 0.29) is 5.75 Å². The van der Waals surface area contributed by atoms with Crippen molar-refractivity contribution >= 4 is 32.7 Å². The fourth-order valence-corrected chi connectivity index (χ4v) is 2.72. The van der Waals surface area contributed by atoms with E-state index in [4.69, 9.17) is 5.73 Å². The van der Waals surface area contributed by atoms with Crippen LogP contribution in [0, 0.1) is 0 Å². The first-order chi connectivity index (χ1) is 8.00. The third-order valence-electron chi connectivity index (χ3n) is 2.25. The molecule has 1 heterocycles. The van der Waals surface area contributed by atoms with Crippen LogP contribution in [0.15, 0.2) is 18.2 Å². The second kappa shape index (κ2) is 4.25. The summed E-state index contributed by atoms with van der Waals surface area (Å²) in [4.78, 5) is 6.88. The highest BCUT2D eigenvalue weighted by atomic mass is 32.2. The molecule has 0 aliphatic rings. The van der Waals surface area contributed by atoms with E-state index in [9.17, 15) is 8.42 Å². The van der Waals surface area contributed by atoms with E-state index in [0.29, 0.717) is 29.1 Å². The SMILES string of the molecule is CCCS(=O)(=O)Nc1ccc2nc(N)[nH]c2c1. The van der Waals surface area contributed by atoms with E-state index in [1.807, 2.05) is 6.92 Å². The number of nitrogen functional groups attached to an aromatic ring is 1. The van der Waals surface area contributed by atoms with Gasteiger partial charge in [0.2, 0.25) is 10.0 Å². The molecule has 0 saturated heterocycles. The third-order valence-corrected chi connectivity index (χ3v) is 3.74. The number of benzene rings is 1. The number of hydrogen-bond acceptors (Lipinski definition) is 4. The summed E-state index contributed by atoms with van der Waals surface area (Å²) in [5, 5.41) is 0. The minimum Gasteiger partial charge on any atom is -0.369 e. The molecule has 0 spiro atoms. The summed E-state index contributed by atoms with van der Waals surface area (Å²) in [5.41, 5.74) is 7.44. The topological polar surface area (TPSA) is 101 Å². The number of nitrogens with one attached hydrogen (secondary N) is 2. The normalized spacial score (nSPS) is 11.8. The predicted octanol–water partition coefficient (Wildman–Crippen LogP) is 1.30. The molecule has 4 N–H and O–H groups in total. The largest absolute Gasteiger partial charge is 0.369 e. The Bertz CT molecular complexity index is 633. The molecular formula is C10H14N4O2S. The van der Waals surface area contributed by atoms with Gasteiger partial charge in [-0.15, -0.1) is 0 Å². The number of imidazole rings is 1. The quantitative estimate of drug-likeness (QED) is 0.765. The summed E-state index contributed by atoms with van der Waals surface area (Å²) in [6, 6.07) is 5.05. The molecule has 0 radical (unpaired) electrons. The van der Waals surface area contributed by atoms with Crippen molar-refractivity contribution in [1.82, 2.24) is 9.97 Å². The molecule has 6 nitrogen and oxygen atoms in total. The maximum absolute atomic E-state index is 11.6. The van der Waals surface area contributed by atoms with Crippen molar-refractivity contribution in [1.29, 1.82) is 0 Å². The van der Waals surface area contributed by atoms with Crippen LogP contribution in [0.25, 0.3) is 11.0 Å². The van der Waals surface area contributed by atoms with Crippen LogP contribution in [0.1, 0.15) is 13.3 Å². The Morgan fingerprint density at radius 2 is 2.24 bits per heavy atom. The van der Waals surface area contributed by atoms with Gasteiger partial charge in [-0.25, -0.2) is 13.4 Å². The fraction of sp³-hybridized carbons (Fsp3) is 0.300. The van der Waals surface area contributed by atoms with Gasteiger partial charge in [-0.3, -0.25) is 4.72 Å². The van der Waals surface area contributed by atoms with Crippen molar-refractivity contribution in [2.24, 2.45) is 0 Å². The monoisotopic (exact) mass is 254 g/mol. The first-order valence-corrected chi connectivity index (χ1v) is 6.91. The van der Waals surface area contributed by atoms with Gasteiger partial charge in [0.25, 0.3) is 0 Å². The minimum atomic E-state index is -3.26. The number of nitrogens with zero attached hydrogens (tertiary/aromatic N) is 1. The Morgan fingerprint density at radius 1 is 1.47 bits per heavy atom. The summed E-state index contributed by atoms with van der Waals surface area (Å²) in [6.45, 7) is 1.82. The summed E-state index contributed by atoms with van der Waals surface area (Å²) in [7, 11) is -3.26. The third kappa shape index (κ3) is 2.68. The van der Waals surface area contributed by atoms with Crippen molar-refractivity contribution in [2.45, 2.75) is 13.3 Å². The van der Waals surface area contributed by atoms with E-state index in [0.717, 1.165) is 0 Å². The first-order valence-electron chi connectivity index (χ1n) is 5.26. The number of anilines is 2. The van der Waals surface area contributed by atoms with Crippen LogP contribution in [0.5, 0.6) is 0 Å². The van der Waals surface area contributed by atoms with Crippen molar-refractivity contribution in [2.75, 3.05) is 16.2 Å². The first kappa shape index (κ1) is 11.7. The summed E-state index contributed by atoms with van der Waals surface area (Å²) in [5.74, 6) is 0.421. The van der Waals surface area contributed by atoms with Gasteiger partial charge < -0.3 is 10.7 Å². The maximum Gasteiger partial charge on any atom is 0.232 e. The van der Waals surface area contributed by atoms with Gasteiger partial charge in [0.1, 0.15) is 0 Å². The molecule has 17 heavy (non-hydrogen) atoms. The molecule has 0 amide bonds. The molecule has 2 aromatic rings. The molecule has 0 aliphatic carbocycles. The number of hydrogen-bond donors (Lipinski definition) is 3. The van der Waals surface area contributed by atoms with Crippen LogP contribution in [0.4, 0.5) is 11.6 Å². The number of H-pyrrole nitrogens is 1. The molecule has 1 aromatic carbocycles. The van der Waals surface area contributed by atoms with Crippen LogP contribution in [0.3, 0.4) is 0 Å². The minimum absolute atomic E-state index is 0.107. The Morgan fingerprint density at radius 3 is 2.94 bits per heavy atom. The second-order valence-electron chi connectivity index (χ2n) is 3.77. The van der Waals surface area contributed by atoms with Gasteiger partial charge in [-0.05, 0) is 24.6 Å². The van der Waals surface area contributed by atoms with E-state index in [1.165, 1.54) is 0 Å². The summed E-state index contributed by atoms with van der Waals surface area (Å²) in [6.07, 6.45) is 0.578. The maximum atomic E-state index is 11.6. The average molecular weight is 254 g/mol. The standard InChI is InChI=1S/C10H14N4O2S/c1-2-5-17(15,16)14-7-3-4-8-9(6-7)13-10(11)12-8/h3-4,6,14H,2,5H2,1H3,(H3,11,12,13). The van der Waals surface area contributed by atoms with Crippen molar-refractivity contribution in [3.8, 4) is 0 Å². The van der Waals surface area contributed by atoms with Crippen LogP contribution in [0.2, 0.25) is 0 Å². The molecule has 1 aromatic heterocycles. The average Bonchev–Trinajstić information content (AvgIpc) is 2.56. The molecule has 0 unspecified atom stereocenters. The highest BCUT2D eigenvalue weighted by Gasteiger charge is 2.09. The van der Waals surface area contributed by atoms with Gasteiger partial charge >= 0.3 is 0 Å². The Hall–Kier alpha value is -1.76. The van der Waals surface area contributed by atoms with E-state index in [2.05, 4.69) is 14.7 Å². The molecule has 92 valence electrons. The lowest BCUT2D eigenvalue weighted by molar-refractivity contribution is 0.600. The molecule has 0 fully saturated rings. The number of nitrogens with two attached hydrogens (primary N) is 1. The van der Waals surface area contributed by atoms with Crippen LogP contribution >= 0.6 is 0 Å². The second-order valence-corrected chi connectivity index (χ2v) is 5.62. The van der Waals surface area contributed by atoms with Gasteiger partial charge in [0.05, 0.1) is 22.5 Å². The molecule has 0 atom stereocenters. The van der Waals surface area contributed by atoms with Crippen LogP contribution in [-0.2, 0) is 10.0 Å². The van der Waals surface area contributed by atoms with Gasteiger partial charge in [0.15, 0.2) is 5.95 Å². The van der Waals surface area contributed by atoms with Crippen molar-refractivity contribution in [3.05, 3.63) is 18.2 Å². The highest BCUT2D eigenvalue weighted by molar-refractivity contribution is 7.92.